The van der Waals surface area contributed by atoms with Crippen molar-refractivity contribution in [1.82, 2.24) is 24.1 Å². The lowest BCUT2D eigenvalue weighted by molar-refractivity contribution is -0.145. The summed E-state index contributed by atoms with van der Waals surface area (Å²) in [4.78, 5) is 32.4. The molecule has 1 aliphatic rings. The average Bonchev–Trinajstić information content (AvgIpc) is 3.38. The number of alkyl halides is 3. The first-order chi connectivity index (χ1) is 15.5. The Balaban J connectivity index is 1.40. The molecule has 0 amide bonds. The van der Waals surface area contributed by atoms with Gasteiger partial charge in [-0.3, -0.25) is 9.59 Å². The van der Waals surface area contributed by atoms with Crippen LogP contribution in [0, 0.1) is 27.7 Å². The molecule has 8 nitrogen and oxygen atoms in total. The number of carbonyl (C=O) groups excluding carboxylic acids is 2. The molecule has 1 fully saturated rings. The highest BCUT2D eigenvalue weighted by molar-refractivity contribution is 5.99. The van der Waals surface area contributed by atoms with E-state index in [9.17, 15) is 22.8 Å². The lowest BCUT2D eigenvalue weighted by atomic mass is 10.1. The van der Waals surface area contributed by atoms with Crippen molar-refractivity contribution in [2.45, 2.75) is 65.6 Å². The van der Waals surface area contributed by atoms with Crippen LogP contribution in [0.5, 0.6) is 0 Å². The fraction of sp³-hybridized carbons (Fsp3) is 0.500. The molecule has 0 aliphatic heterocycles. The van der Waals surface area contributed by atoms with Crippen LogP contribution in [-0.4, -0.2) is 42.5 Å². The second-order valence-electron chi connectivity index (χ2n) is 8.38. The minimum atomic E-state index is -4.68. The van der Waals surface area contributed by atoms with Gasteiger partial charge in [-0.15, -0.1) is 5.10 Å². The van der Waals surface area contributed by atoms with Crippen molar-refractivity contribution in [2.75, 3.05) is 6.61 Å². The topological polar surface area (TPSA) is 91.4 Å². The first-order valence-corrected chi connectivity index (χ1v) is 10.6. The molecule has 1 aliphatic carbocycles. The van der Waals surface area contributed by atoms with Crippen LogP contribution in [0.15, 0.2) is 6.07 Å². The molecule has 176 valence electrons. The second-order valence-corrected chi connectivity index (χ2v) is 8.38. The number of halogens is 3. The standard InChI is InChI=1S/C22H24F3N5O3/c1-11-9-17(13(3)29(11)15-5-6-15)18(31)10-33-19(32)8-7-16-12(2)26-21-27-20(22(23,24)25)28-30(21)14(16)4/h9,15H,5-8,10H2,1-4H3. The minimum Gasteiger partial charge on any atom is -0.457 e. The van der Waals surface area contributed by atoms with Gasteiger partial charge in [0.25, 0.3) is 11.6 Å². The summed E-state index contributed by atoms with van der Waals surface area (Å²) in [6.45, 7) is 6.71. The number of esters is 1. The third kappa shape index (κ3) is 4.49. The summed E-state index contributed by atoms with van der Waals surface area (Å²) in [6.07, 6.45) is -2.34. The number of nitrogens with zero attached hydrogens (tertiary/aromatic N) is 5. The van der Waals surface area contributed by atoms with Gasteiger partial charge in [0, 0.05) is 40.8 Å². The van der Waals surface area contributed by atoms with Crippen LogP contribution >= 0.6 is 0 Å². The maximum absolute atomic E-state index is 12.9. The molecule has 4 rings (SSSR count). The Labute approximate surface area is 187 Å². The SMILES string of the molecule is Cc1nc2nc(C(F)(F)F)nn2c(C)c1CCC(=O)OCC(=O)c1cc(C)n(C2CC2)c1C. The van der Waals surface area contributed by atoms with Crippen molar-refractivity contribution in [3.8, 4) is 0 Å². The Kier molecular flexibility index (Phi) is 5.75. The zero-order chi connectivity index (χ0) is 24.1. The van der Waals surface area contributed by atoms with Crippen molar-refractivity contribution in [2.24, 2.45) is 0 Å². The molecule has 0 aromatic carbocycles. The van der Waals surface area contributed by atoms with Gasteiger partial charge in [-0.1, -0.05) is 0 Å². The molecular weight excluding hydrogens is 439 g/mol. The molecule has 3 aromatic rings. The first kappa shape index (κ1) is 22.9. The Bertz CT molecular complexity index is 1250. The van der Waals surface area contributed by atoms with Gasteiger partial charge < -0.3 is 9.30 Å². The van der Waals surface area contributed by atoms with E-state index >= 15 is 0 Å². The van der Waals surface area contributed by atoms with E-state index in [1.54, 1.807) is 13.8 Å². The molecule has 0 unspecified atom stereocenters. The quantitative estimate of drug-likeness (QED) is 0.390. The molecule has 0 atom stereocenters. The van der Waals surface area contributed by atoms with Crippen LogP contribution < -0.4 is 0 Å². The van der Waals surface area contributed by atoms with E-state index < -0.39 is 18.0 Å². The van der Waals surface area contributed by atoms with E-state index in [0.29, 0.717) is 28.6 Å². The molecule has 3 aromatic heterocycles. The smallest absolute Gasteiger partial charge is 0.453 e. The van der Waals surface area contributed by atoms with Gasteiger partial charge in [0.15, 0.2) is 6.61 Å². The number of carbonyl (C=O) groups is 2. The Morgan fingerprint density at radius 1 is 1.12 bits per heavy atom. The van der Waals surface area contributed by atoms with E-state index in [1.165, 1.54) is 0 Å². The highest BCUT2D eigenvalue weighted by Gasteiger charge is 2.37. The van der Waals surface area contributed by atoms with E-state index in [0.717, 1.165) is 28.7 Å². The number of fused-ring (bicyclic) bond motifs is 1. The number of ether oxygens (including phenoxy) is 1. The molecule has 0 saturated heterocycles. The average molecular weight is 463 g/mol. The monoisotopic (exact) mass is 463 g/mol. The van der Waals surface area contributed by atoms with Crippen LogP contribution in [0.4, 0.5) is 13.2 Å². The van der Waals surface area contributed by atoms with E-state index in [2.05, 4.69) is 19.6 Å². The van der Waals surface area contributed by atoms with E-state index in [-0.39, 0.29) is 31.0 Å². The highest BCUT2D eigenvalue weighted by Crippen LogP contribution is 2.38. The maximum Gasteiger partial charge on any atom is 0.453 e. The van der Waals surface area contributed by atoms with Crippen LogP contribution in [0.2, 0.25) is 0 Å². The third-order valence-corrected chi connectivity index (χ3v) is 5.94. The minimum absolute atomic E-state index is 0.0515. The number of aryl methyl sites for hydroxylation is 3. The molecule has 0 radical (unpaired) electrons. The summed E-state index contributed by atoms with van der Waals surface area (Å²) in [5.74, 6) is -2.26. The number of hydrogen-bond acceptors (Lipinski definition) is 6. The predicted molar refractivity (Wildman–Crippen MR) is 111 cm³/mol. The molecular formula is C22H24F3N5O3. The number of hydrogen-bond donors (Lipinski definition) is 0. The van der Waals surface area contributed by atoms with E-state index in [1.807, 2.05) is 19.9 Å². The summed E-state index contributed by atoms with van der Waals surface area (Å²) in [5.41, 5.74) is 3.90. The summed E-state index contributed by atoms with van der Waals surface area (Å²) in [6, 6.07) is 2.27. The number of Topliss-reactive ketones (excluding diaryl/α,β-unsaturated/α-hetero) is 1. The molecule has 1 saturated carbocycles. The molecule has 0 N–H and O–H groups in total. The highest BCUT2D eigenvalue weighted by atomic mass is 19.4. The Morgan fingerprint density at radius 3 is 2.45 bits per heavy atom. The maximum atomic E-state index is 12.9. The number of rotatable bonds is 7. The van der Waals surface area contributed by atoms with Gasteiger partial charge in [0.1, 0.15) is 0 Å². The third-order valence-electron chi connectivity index (χ3n) is 5.94. The predicted octanol–water partition coefficient (Wildman–Crippen LogP) is 3.87. The van der Waals surface area contributed by atoms with Crippen molar-refractivity contribution in [3.05, 3.63) is 45.8 Å². The van der Waals surface area contributed by atoms with Gasteiger partial charge in [-0.25, -0.2) is 9.50 Å². The number of ketones is 1. The summed E-state index contributed by atoms with van der Waals surface area (Å²) < 4.78 is 47.1. The van der Waals surface area contributed by atoms with Crippen molar-refractivity contribution >= 4 is 17.5 Å². The van der Waals surface area contributed by atoms with Crippen molar-refractivity contribution in [1.29, 1.82) is 0 Å². The van der Waals surface area contributed by atoms with Gasteiger partial charge >= 0.3 is 12.1 Å². The largest absolute Gasteiger partial charge is 0.457 e. The Morgan fingerprint density at radius 2 is 1.82 bits per heavy atom. The normalized spacial score (nSPS) is 14.2. The van der Waals surface area contributed by atoms with Gasteiger partial charge in [0.2, 0.25) is 5.78 Å². The molecule has 33 heavy (non-hydrogen) atoms. The zero-order valence-corrected chi connectivity index (χ0v) is 18.8. The van der Waals surface area contributed by atoms with Crippen LogP contribution in [0.25, 0.3) is 5.78 Å². The zero-order valence-electron chi connectivity index (χ0n) is 18.8. The molecule has 3 heterocycles. The van der Waals surface area contributed by atoms with Crippen molar-refractivity contribution in [3.63, 3.8) is 0 Å². The van der Waals surface area contributed by atoms with Crippen LogP contribution in [-0.2, 0) is 22.1 Å². The lowest BCUT2D eigenvalue weighted by Gasteiger charge is -2.10. The number of aromatic nitrogens is 5. The fourth-order valence-corrected chi connectivity index (χ4v) is 4.17. The first-order valence-electron chi connectivity index (χ1n) is 10.6. The van der Waals surface area contributed by atoms with Crippen LogP contribution in [0.3, 0.4) is 0 Å². The van der Waals surface area contributed by atoms with Gasteiger partial charge in [-0.2, -0.15) is 18.2 Å². The van der Waals surface area contributed by atoms with Crippen molar-refractivity contribution < 1.29 is 27.5 Å². The Hall–Kier alpha value is -3.24. The van der Waals surface area contributed by atoms with E-state index in [4.69, 9.17) is 4.74 Å². The second kappa shape index (κ2) is 8.27. The summed E-state index contributed by atoms with van der Waals surface area (Å²) in [7, 11) is 0. The lowest BCUT2D eigenvalue weighted by Crippen LogP contribution is -2.16. The molecule has 0 spiro atoms. The summed E-state index contributed by atoms with van der Waals surface area (Å²) in [5, 5.41) is 3.49. The van der Waals surface area contributed by atoms with Crippen LogP contribution in [0.1, 0.15) is 69.8 Å². The molecule has 0 bridgehead atoms. The van der Waals surface area contributed by atoms with Gasteiger partial charge in [0.05, 0.1) is 0 Å². The van der Waals surface area contributed by atoms with Gasteiger partial charge in [-0.05, 0) is 58.6 Å². The fourth-order valence-electron chi connectivity index (χ4n) is 4.17. The molecule has 11 heteroatoms. The summed E-state index contributed by atoms with van der Waals surface area (Å²) >= 11 is 0.